The largest absolute Gasteiger partial charge is 0.466 e. The molecule has 1 amide bonds. The Morgan fingerprint density at radius 1 is 1.28 bits per heavy atom. The monoisotopic (exact) mass is 555 g/mol. The minimum absolute atomic E-state index is 0. The average molecular weight is 555 g/mol. The van der Waals surface area contributed by atoms with E-state index in [4.69, 9.17) is 4.42 Å². The Morgan fingerprint density at radius 2 is 2.00 bits per heavy atom. The second-order valence-corrected chi connectivity index (χ2v) is 8.09. The number of guanidine groups is 1. The summed E-state index contributed by atoms with van der Waals surface area (Å²) in [7, 11) is 0. The first-order valence-electron chi connectivity index (χ1n) is 10.7. The number of aliphatic hydroxyl groups is 1. The van der Waals surface area contributed by atoms with Crippen molar-refractivity contribution in [2.45, 2.75) is 39.8 Å². The van der Waals surface area contributed by atoms with E-state index < -0.39 is 5.60 Å². The molecule has 3 rings (SSSR count). The summed E-state index contributed by atoms with van der Waals surface area (Å²) in [5.41, 5.74) is 1.79. The van der Waals surface area contributed by atoms with E-state index >= 15 is 0 Å². The van der Waals surface area contributed by atoms with E-state index in [9.17, 15) is 9.90 Å². The Hall–Kier alpha value is -2.27. The lowest BCUT2D eigenvalue weighted by Crippen LogP contribution is -2.47. The van der Waals surface area contributed by atoms with Crippen molar-refractivity contribution in [3.63, 3.8) is 0 Å². The Bertz CT molecular complexity index is 924. The second-order valence-electron chi connectivity index (χ2n) is 8.09. The van der Waals surface area contributed by atoms with E-state index in [1.54, 1.807) is 6.92 Å². The van der Waals surface area contributed by atoms with Gasteiger partial charge in [-0.15, -0.1) is 24.0 Å². The number of nitrogens with one attached hydrogen (secondary N) is 3. The summed E-state index contributed by atoms with van der Waals surface area (Å²) in [5.74, 6) is 2.19. The molecular weight excluding hydrogens is 521 g/mol. The van der Waals surface area contributed by atoms with E-state index in [2.05, 4.69) is 25.8 Å². The van der Waals surface area contributed by atoms with Crippen LogP contribution in [0, 0.1) is 13.8 Å². The summed E-state index contributed by atoms with van der Waals surface area (Å²) in [4.78, 5) is 18.3. The number of rotatable bonds is 7. The number of halogens is 1. The third-order valence-electron chi connectivity index (χ3n) is 5.33. The molecule has 0 radical (unpaired) electrons. The number of carbonyl (C=O) groups is 1. The maximum Gasteiger partial charge on any atom is 0.239 e. The van der Waals surface area contributed by atoms with Crippen LogP contribution >= 0.6 is 24.0 Å². The van der Waals surface area contributed by atoms with Gasteiger partial charge < -0.3 is 30.4 Å². The molecule has 0 spiro atoms. The first-order chi connectivity index (χ1) is 14.8. The molecule has 0 saturated carbocycles. The number of amides is 1. The molecule has 1 atom stereocenters. The van der Waals surface area contributed by atoms with E-state index in [0.717, 1.165) is 34.9 Å². The normalized spacial score (nSPS) is 16.1. The van der Waals surface area contributed by atoms with Crippen LogP contribution in [0.4, 0.5) is 5.69 Å². The van der Waals surface area contributed by atoms with Crippen LogP contribution in [0.25, 0.3) is 0 Å². The van der Waals surface area contributed by atoms with Crippen molar-refractivity contribution in [2.75, 3.05) is 37.6 Å². The highest BCUT2D eigenvalue weighted by molar-refractivity contribution is 14.0. The zero-order valence-electron chi connectivity index (χ0n) is 19.2. The molecule has 0 aliphatic carbocycles. The van der Waals surface area contributed by atoms with Gasteiger partial charge in [-0.1, -0.05) is 12.1 Å². The molecule has 176 valence electrons. The van der Waals surface area contributed by atoms with Crippen molar-refractivity contribution in [1.82, 2.24) is 16.0 Å². The average Bonchev–Trinajstić information content (AvgIpc) is 3.09. The predicted octanol–water partition coefficient (Wildman–Crippen LogP) is 2.41. The van der Waals surface area contributed by atoms with Gasteiger partial charge in [-0.3, -0.25) is 4.79 Å². The lowest BCUT2D eigenvalue weighted by molar-refractivity contribution is -0.120. The van der Waals surface area contributed by atoms with E-state index in [1.165, 1.54) is 0 Å². The fraction of sp³-hybridized carbons (Fsp3) is 0.478. The molecular formula is C23H34IN5O3. The first-order valence-corrected chi connectivity index (χ1v) is 10.7. The number of anilines is 1. The van der Waals surface area contributed by atoms with Crippen LogP contribution in [0.1, 0.15) is 36.5 Å². The van der Waals surface area contributed by atoms with Gasteiger partial charge in [0, 0.05) is 30.9 Å². The Balaban J connectivity index is 0.00000363. The highest BCUT2D eigenvalue weighted by atomic mass is 127. The Kier molecular flexibility index (Phi) is 9.38. The topological polar surface area (TPSA) is 102 Å². The minimum Gasteiger partial charge on any atom is -0.466 e. The van der Waals surface area contributed by atoms with Crippen molar-refractivity contribution in [3.05, 3.63) is 53.0 Å². The van der Waals surface area contributed by atoms with Gasteiger partial charge in [0.2, 0.25) is 5.91 Å². The zero-order chi connectivity index (χ0) is 22.4. The standard InChI is InChI=1S/C23H33N5O3.HI/c1-5-24-22(27-15-23(4,30)20-12-16(2)31-17(20)3)26-13-18-6-8-19(9-7-18)28-11-10-25-21(29)14-28;/h6-9,12,30H,5,10-11,13-15H2,1-4H3,(H,25,29)(H2,24,26,27);1H. The summed E-state index contributed by atoms with van der Waals surface area (Å²) >= 11 is 0. The highest BCUT2D eigenvalue weighted by Crippen LogP contribution is 2.26. The van der Waals surface area contributed by atoms with Gasteiger partial charge in [0.05, 0.1) is 19.6 Å². The van der Waals surface area contributed by atoms with E-state index in [-0.39, 0.29) is 29.9 Å². The number of aryl methyl sites for hydroxylation is 2. The maximum absolute atomic E-state index is 11.6. The van der Waals surface area contributed by atoms with Crippen LogP contribution in [0.2, 0.25) is 0 Å². The third kappa shape index (κ3) is 6.86. The fourth-order valence-corrected chi connectivity index (χ4v) is 3.70. The molecule has 9 heteroatoms. The van der Waals surface area contributed by atoms with E-state index in [0.29, 0.717) is 38.7 Å². The van der Waals surface area contributed by atoms with Crippen LogP contribution in [-0.4, -0.2) is 49.7 Å². The van der Waals surface area contributed by atoms with Crippen LogP contribution in [0.3, 0.4) is 0 Å². The molecule has 1 aliphatic heterocycles. The molecule has 2 aromatic rings. The van der Waals surface area contributed by atoms with Crippen LogP contribution in [0.5, 0.6) is 0 Å². The van der Waals surface area contributed by atoms with Gasteiger partial charge in [0.15, 0.2) is 5.96 Å². The van der Waals surface area contributed by atoms with Crippen molar-refractivity contribution in [3.8, 4) is 0 Å². The van der Waals surface area contributed by atoms with E-state index in [1.807, 2.05) is 51.1 Å². The maximum atomic E-state index is 11.6. The quantitative estimate of drug-likeness (QED) is 0.238. The summed E-state index contributed by atoms with van der Waals surface area (Å²) < 4.78 is 5.56. The molecule has 8 nitrogen and oxygen atoms in total. The molecule has 2 heterocycles. The lowest BCUT2D eigenvalue weighted by Gasteiger charge is -2.28. The number of furan rings is 1. The molecule has 1 fully saturated rings. The molecule has 1 saturated heterocycles. The van der Waals surface area contributed by atoms with Gasteiger partial charge in [0.25, 0.3) is 0 Å². The smallest absolute Gasteiger partial charge is 0.239 e. The van der Waals surface area contributed by atoms with Crippen molar-refractivity contribution in [1.29, 1.82) is 0 Å². The number of nitrogens with zero attached hydrogens (tertiary/aromatic N) is 2. The zero-order valence-corrected chi connectivity index (χ0v) is 21.5. The van der Waals surface area contributed by atoms with Gasteiger partial charge in [0.1, 0.15) is 17.1 Å². The summed E-state index contributed by atoms with van der Waals surface area (Å²) in [6.45, 7) is 10.9. The molecule has 1 unspecified atom stereocenters. The number of hydrogen-bond acceptors (Lipinski definition) is 5. The summed E-state index contributed by atoms with van der Waals surface area (Å²) in [6, 6.07) is 9.98. The van der Waals surface area contributed by atoms with Gasteiger partial charge >= 0.3 is 0 Å². The summed E-state index contributed by atoms with van der Waals surface area (Å²) in [6.07, 6.45) is 0. The number of piperazine rings is 1. The number of carbonyl (C=O) groups excluding carboxylic acids is 1. The second kappa shape index (κ2) is 11.6. The lowest BCUT2D eigenvalue weighted by atomic mass is 9.96. The number of benzene rings is 1. The Morgan fingerprint density at radius 3 is 2.59 bits per heavy atom. The van der Waals surface area contributed by atoms with Crippen molar-refractivity contribution in [2.24, 2.45) is 4.99 Å². The minimum atomic E-state index is -1.08. The van der Waals surface area contributed by atoms with Crippen molar-refractivity contribution < 1.29 is 14.3 Å². The van der Waals surface area contributed by atoms with Crippen molar-refractivity contribution >= 4 is 41.5 Å². The predicted molar refractivity (Wildman–Crippen MR) is 138 cm³/mol. The number of hydrogen-bond donors (Lipinski definition) is 4. The highest BCUT2D eigenvalue weighted by Gasteiger charge is 2.27. The molecule has 1 aliphatic rings. The molecule has 1 aromatic carbocycles. The Labute approximate surface area is 206 Å². The molecule has 0 bridgehead atoms. The molecule has 32 heavy (non-hydrogen) atoms. The molecule has 1 aromatic heterocycles. The molecule has 4 N–H and O–H groups in total. The fourth-order valence-electron chi connectivity index (χ4n) is 3.70. The third-order valence-corrected chi connectivity index (χ3v) is 5.33. The van der Waals surface area contributed by atoms with Crippen LogP contribution in [-0.2, 0) is 16.9 Å². The summed E-state index contributed by atoms with van der Waals surface area (Å²) in [5, 5.41) is 20.2. The van der Waals surface area contributed by atoms with Gasteiger partial charge in [-0.25, -0.2) is 4.99 Å². The SMILES string of the molecule is CCNC(=NCc1ccc(N2CCNC(=O)C2)cc1)NCC(C)(O)c1cc(C)oc1C.I. The first kappa shape index (κ1) is 26.0. The van der Waals surface area contributed by atoms with Gasteiger partial charge in [-0.2, -0.15) is 0 Å². The van der Waals surface area contributed by atoms with Crippen LogP contribution in [0.15, 0.2) is 39.7 Å². The van der Waals surface area contributed by atoms with Crippen LogP contribution < -0.4 is 20.9 Å². The van der Waals surface area contributed by atoms with Gasteiger partial charge in [-0.05, 0) is 51.5 Å². The number of aliphatic imine (C=N–C) groups is 1.